The molecule has 2 aromatic carbocycles. The van der Waals surface area contributed by atoms with Crippen LogP contribution in [0.2, 0.25) is 0 Å². The summed E-state index contributed by atoms with van der Waals surface area (Å²) in [7, 11) is 0. The summed E-state index contributed by atoms with van der Waals surface area (Å²) in [5.41, 5.74) is 2.63. The van der Waals surface area contributed by atoms with Crippen LogP contribution in [0.4, 0.5) is 13.2 Å². The summed E-state index contributed by atoms with van der Waals surface area (Å²) in [6.07, 6.45) is -3.10. The summed E-state index contributed by atoms with van der Waals surface area (Å²) >= 11 is 0. The molecule has 0 heterocycles. The van der Waals surface area contributed by atoms with E-state index in [1.807, 2.05) is 0 Å². The summed E-state index contributed by atoms with van der Waals surface area (Å²) in [5, 5.41) is 18.2. The van der Waals surface area contributed by atoms with Gasteiger partial charge in [-0.3, -0.25) is 9.59 Å². The van der Waals surface area contributed by atoms with Crippen molar-refractivity contribution in [3.8, 4) is 0 Å². The molecule has 6 nitrogen and oxygen atoms in total. The molecule has 0 aliphatic rings. The number of hydrogen-bond acceptors (Lipinski definition) is 4. The van der Waals surface area contributed by atoms with Crippen LogP contribution in [0, 0.1) is 13.8 Å². The van der Waals surface area contributed by atoms with E-state index in [0.29, 0.717) is 6.42 Å². The Kier molecular flexibility index (Phi) is 10.5. The van der Waals surface area contributed by atoms with Crippen molar-refractivity contribution in [1.29, 1.82) is 0 Å². The van der Waals surface area contributed by atoms with Gasteiger partial charge in [0.05, 0.1) is 18.2 Å². The van der Waals surface area contributed by atoms with E-state index in [9.17, 15) is 27.9 Å². The van der Waals surface area contributed by atoms with Gasteiger partial charge in [-0.25, -0.2) is 0 Å². The first-order valence-electron chi connectivity index (χ1n) is 11.2. The number of halogens is 3. The quantitative estimate of drug-likeness (QED) is 0.351. The Morgan fingerprint density at radius 3 is 2.50 bits per heavy atom. The van der Waals surface area contributed by atoms with Crippen LogP contribution in [-0.2, 0) is 17.5 Å². The van der Waals surface area contributed by atoms with Crippen LogP contribution in [0.25, 0.3) is 0 Å². The average molecular weight is 480 g/mol. The van der Waals surface area contributed by atoms with E-state index < -0.39 is 36.2 Å². The minimum absolute atomic E-state index is 0.0360. The molecule has 0 saturated heterocycles. The Hall–Kier alpha value is -2.91. The van der Waals surface area contributed by atoms with E-state index in [1.165, 1.54) is 22.8 Å². The lowest BCUT2D eigenvalue weighted by molar-refractivity contribution is -0.137. The molecule has 0 bridgehead atoms. The fourth-order valence-corrected chi connectivity index (χ4v) is 3.39. The first-order valence-corrected chi connectivity index (χ1v) is 11.2. The van der Waals surface area contributed by atoms with Crippen molar-refractivity contribution in [3.63, 3.8) is 0 Å². The minimum Gasteiger partial charge on any atom is -0.391 e. The maximum atomic E-state index is 12.7. The molecule has 2 amide bonds. The van der Waals surface area contributed by atoms with Crippen molar-refractivity contribution < 1.29 is 27.9 Å². The molecule has 1 atom stereocenters. The van der Waals surface area contributed by atoms with Gasteiger partial charge in [-0.15, -0.1) is 0 Å². The fraction of sp³-hybridized carbons (Fsp3) is 0.440. The highest BCUT2D eigenvalue weighted by molar-refractivity contribution is 5.96. The van der Waals surface area contributed by atoms with E-state index in [2.05, 4.69) is 48.0 Å². The summed E-state index contributed by atoms with van der Waals surface area (Å²) < 4.78 is 38.2. The van der Waals surface area contributed by atoms with Gasteiger partial charge in [-0.05, 0) is 69.0 Å². The number of nitrogens with one attached hydrogen (secondary N) is 3. The summed E-state index contributed by atoms with van der Waals surface area (Å²) in [6, 6.07) is 10.3. The van der Waals surface area contributed by atoms with Crippen LogP contribution in [0.1, 0.15) is 51.9 Å². The van der Waals surface area contributed by atoms with Gasteiger partial charge in [0.2, 0.25) is 5.91 Å². The molecule has 4 N–H and O–H groups in total. The lowest BCUT2D eigenvalue weighted by Gasteiger charge is -2.13. The second-order valence-corrected chi connectivity index (χ2v) is 8.32. The summed E-state index contributed by atoms with van der Waals surface area (Å²) in [6.45, 7) is 5.39. The number of alkyl halides is 3. The van der Waals surface area contributed by atoms with Gasteiger partial charge in [-0.2, -0.15) is 13.2 Å². The van der Waals surface area contributed by atoms with Crippen LogP contribution >= 0.6 is 0 Å². The number of rotatable bonds is 12. The number of hydrogen-bond donors (Lipinski definition) is 4. The molecule has 9 heteroatoms. The number of unbranched alkanes of at least 4 members (excludes halogenated alkanes) is 1. The summed E-state index contributed by atoms with van der Waals surface area (Å²) in [4.78, 5) is 23.9. The Labute approximate surface area is 197 Å². The largest absolute Gasteiger partial charge is 0.416 e. The van der Waals surface area contributed by atoms with E-state index in [4.69, 9.17) is 0 Å². The lowest BCUT2D eigenvalue weighted by atomic mass is 10.1. The first-order chi connectivity index (χ1) is 16.1. The first kappa shape index (κ1) is 27.3. The topological polar surface area (TPSA) is 90.5 Å². The molecule has 0 aliphatic heterocycles. The summed E-state index contributed by atoms with van der Waals surface area (Å²) in [5.74, 6) is -1.32. The molecule has 2 rings (SSSR count). The Morgan fingerprint density at radius 2 is 1.79 bits per heavy atom. The normalized spacial score (nSPS) is 12.3. The molecule has 0 aromatic heterocycles. The van der Waals surface area contributed by atoms with E-state index in [0.717, 1.165) is 44.1 Å². The third-order valence-corrected chi connectivity index (χ3v) is 5.35. The number of carbonyl (C=O) groups is 2. The van der Waals surface area contributed by atoms with Crippen LogP contribution in [-0.4, -0.2) is 42.7 Å². The SMILES string of the molecule is Cc1ccc(CNCCCCC(O)CNC(=O)CNC(=O)c2cccc(C(F)(F)F)c2)c(C)c1. The Balaban J connectivity index is 1.58. The molecule has 1 unspecified atom stereocenters. The predicted octanol–water partition coefficient (Wildman–Crippen LogP) is 3.49. The standard InChI is InChI=1S/C25H32F3N3O3/c1-17-9-10-20(18(2)12-17)14-29-11-4-3-8-22(32)15-30-23(33)16-31-24(34)19-6-5-7-21(13-19)25(26,27)28/h5-7,9-10,12-13,22,29,32H,3-4,8,11,14-16H2,1-2H3,(H,30,33)(H,31,34). The number of aliphatic hydroxyl groups is 1. The Morgan fingerprint density at radius 1 is 1.03 bits per heavy atom. The van der Waals surface area contributed by atoms with Crippen molar-refractivity contribution in [2.24, 2.45) is 0 Å². The highest BCUT2D eigenvalue weighted by atomic mass is 19.4. The van der Waals surface area contributed by atoms with Crippen molar-refractivity contribution in [1.82, 2.24) is 16.0 Å². The van der Waals surface area contributed by atoms with Gasteiger partial charge in [0, 0.05) is 18.7 Å². The lowest BCUT2D eigenvalue weighted by Crippen LogP contribution is -2.40. The molecule has 0 spiro atoms. The fourth-order valence-electron chi connectivity index (χ4n) is 3.39. The van der Waals surface area contributed by atoms with Gasteiger partial charge < -0.3 is 21.1 Å². The van der Waals surface area contributed by atoms with Crippen molar-refractivity contribution in [2.75, 3.05) is 19.6 Å². The Bertz CT molecular complexity index is 964. The van der Waals surface area contributed by atoms with Crippen molar-refractivity contribution in [3.05, 3.63) is 70.3 Å². The van der Waals surface area contributed by atoms with E-state index >= 15 is 0 Å². The molecule has 0 radical (unpaired) electrons. The molecule has 34 heavy (non-hydrogen) atoms. The highest BCUT2D eigenvalue weighted by Crippen LogP contribution is 2.29. The molecule has 0 fully saturated rings. The maximum absolute atomic E-state index is 12.7. The zero-order valence-corrected chi connectivity index (χ0v) is 19.5. The maximum Gasteiger partial charge on any atom is 0.416 e. The van der Waals surface area contributed by atoms with Crippen molar-refractivity contribution in [2.45, 2.75) is 51.9 Å². The van der Waals surface area contributed by atoms with Crippen molar-refractivity contribution >= 4 is 11.8 Å². The zero-order valence-electron chi connectivity index (χ0n) is 19.5. The average Bonchev–Trinajstić information content (AvgIpc) is 2.79. The highest BCUT2D eigenvalue weighted by Gasteiger charge is 2.30. The predicted molar refractivity (Wildman–Crippen MR) is 124 cm³/mol. The van der Waals surface area contributed by atoms with Gasteiger partial charge in [0.15, 0.2) is 0 Å². The van der Waals surface area contributed by atoms with Gasteiger partial charge >= 0.3 is 6.18 Å². The van der Waals surface area contributed by atoms with E-state index in [-0.39, 0.29) is 12.1 Å². The number of amides is 2. The third kappa shape index (κ3) is 9.52. The second-order valence-electron chi connectivity index (χ2n) is 8.32. The van der Waals surface area contributed by atoms with Crippen LogP contribution < -0.4 is 16.0 Å². The number of benzene rings is 2. The van der Waals surface area contributed by atoms with Gasteiger partial charge in [0.1, 0.15) is 0 Å². The molecule has 2 aromatic rings. The van der Waals surface area contributed by atoms with Crippen LogP contribution in [0.15, 0.2) is 42.5 Å². The minimum atomic E-state index is -4.56. The van der Waals surface area contributed by atoms with Gasteiger partial charge in [0.25, 0.3) is 5.91 Å². The zero-order chi connectivity index (χ0) is 25.1. The molecular formula is C25H32F3N3O3. The van der Waals surface area contributed by atoms with Crippen LogP contribution in [0.5, 0.6) is 0 Å². The molecule has 0 saturated carbocycles. The van der Waals surface area contributed by atoms with Gasteiger partial charge in [-0.1, -0.05) is 29.8 Å². The number of aliphatic hydroxyl groups excluding tert-OH is 1. The second kappa shape index (κ2) is 13.1. The molecule has 186 valence electrons. The molecule has 0 aliphatic carbocycles. The van der Waals surface area contributed by atoms with Crippen LogP contribution in [0.3, 0.4) is 0 Å². The third-order valence-electron chi connectivity index (χ3n) is 5.35. The number of carbonyl (C=O) groups excluding carboxylic acids is 2. The molecular weight excluding hydrogens is 447 g/mol. The smallest absolute Gasteiger partial charge is 0.391 e. The van der Waals surface area contributed by atoms with E-state index in [1.54, 1.807) is 0 Å². The number of aryl methyl sites for hydroxylation is 2. The monoisotopic (exact) mass is 479 g/mol.